The lowest BCUT2D eigenvalue weighted by molar-refractivity contribution is -0.00244. The van der Waals surface area contributed by atoms with Gasteiger partial charge in [-0.2, -0.15) is 0 Å². The molecule has 26 heavy (non-hydrogen) atoms. The number of likely N-dealkylation sites (tertiary alicyclic amines) is 1. The molecule has 2 fully saturated rings. The van der Waals surface area contributed by atoms with Gasteiger partial charge in [0.05, 0.1) is 18.0 Å². The standard InChI is InChI=1S/C19H22N4O3/c1-13-14(3-11-26-13)18(25)23-9-5-19(6-10-23)4-2-16(19)22-17(24)15-12-20-7-8-21-15/h3,7-8,11-12,16H,2,4-6,9-10H2,1H3,(H,22,24)/t16-/m1/s1. The average Bonchev–Trinajstić information content (AvgIpc) is 3.11. The zero-order valence-corrected chi connectivity index (χ0v) is 14.8. The molecule has 7 nitrogen and oxygen atoms in total. The molecule has 4 rings (SSSR count). The molecule has 1 atom stereocenters. The molecule has 0 unspecified atom stereocenters. The summed E-state index contributed by atoms with van der Waals surface area (Å²) >= 11 is 0. The molecule has 136 valence electrons. The molecule has 1 aliphatic carbocycles. The SMILES string of the molecule is Cc1occc1C(=O)N1CCC2(CC[C@H]2NC(=O)c2cnccn2)CC1. The van der Waals surface area contributed by atoms with Crippen molar-refractivity contribution in [3.05, 3.63) is 47.9 Å². The molecule has 1 spiro atoms. The van der Waals surface area contributed by atoms with E-state index in [9.17, 15) is 9.59 Å². The number of nitrogens with one attached hydrogen (secondary N) is 1. The Bertz CT molecular complexity index is 809. The maximum atomic E-state index is 12.6. The number of aromatic nitrogens is 2. The number of carbonyl (C=O) groups is 2. The summed E-state index contributed by atoms with van der Waals surface area (Å²) in [5, 5.41) is 3.11. The molecule has 2 aliphatic rings. The first-order valence-corrected chi connectivity index (χ1v) is 8.99. The van der Waals surface area contributed by atoms with Crippen LogP contribution >= 0.6 is 0 Å². The second-order valence-electron chi connectivity index (χ2n) is 7.20. The Labute approximate surface area is 151 Å². The van der Waals surface area contributed by atoms with Gasteiger partial charge in [0, 0.05) is 31.5 Å². The predicted molar refractivity (Wildman–Crippen MR) is 93.5 cm³/mol. The van der Waals surface area contributed by atoms with Crippen LogP contribution in [0.4, 0.5) is 0 Å². The Morgan fingerprint density at radius 3 is 2.65 bits per heavy atom. The van der Waals surface area contributed by atoms with Crippen LogP contribution in [0, 0.1) is 12.3 Å². The fourth-order valence-electron chi connectivity index (χ4n) is 4.10. The first-order valence-electron chi connectivity index (χ1n) is 8.99. The van der Waals surface area contributed by atoms with Crippen LogP contribution in [-0.2, 0) is 0 Å². The lowest BCUT2D eigenvalue weighted by Crippen LogP contribution is -2.59. The van der Waals surface area contributed by atoms with Crippen LogP contribution in [0.3, 0.4) is 0 Å². The van der Waals surface area contributed by atoms with Crippen LogP contribution in [0.25, 0.3) is 0 Å². The molecule has 1 saturated heterocycles. The van der Waals surface area contributed by atoms with Crippen molar-refractivity contribution in [3.8, 4) is 0 Å². The Hall–Kier alpha value is -2.70. The van der Waals surface area contributed by atoms with E-state index in [2.05, 4.69) is 15.3 Å². The van der Waals surface area contributed by atoms with Gasteiger partial charge in [-0.25, -0.2) is 4.98 Å². The van der Waals surface area contributed by atoms with E-state index in [0.29, 0.717) is 30.1 Å². The van der Waals surface area contributed by atoms with Gasteiger partial charge in [0.2, 0.25) is 0 Å². The Morgan fingerprint density at radius 2 is 2.08 bits per heavy atom. The van der Waals surface area contributed by atoms with Crippen molar-refractivity contribution < 1.29 is 14.0 Å². The van der Waals surface area contributed by atoms with Gasteiger partial charge in [-0.1, -0.05) is 0 Å². The van der Waals surface area contributed by atoms with Crippen molar-refractivity contribution in [2.45, 2.75) is 38.6 Å². The molecule has 2 amide bonds. The topological polar surface area (TPSA) is 88.3 Å². The fourth-order valence-corrected chi connectivity index (χ4v) is 4.10. The quantitative estimate of drug-likeness (QED) is 0.913. The summed E-state index contributed by atoms with van der Waals surface area (Å²) in [6.07, 6.45) is 9.98. The smallest absolute Gasteiger partial charge is 0.271 e. The number of rotatable bonds is 3. The Morgan fingerprint density at radius 1 is 1.27 bits per heavy atom. The van der Waals surface area contributed by atoms with Crippen molar-refractivity contribution in [1.82, 2.24) is 20.2 Å². The normalized spacial score (nSPS) is 21.3. The van der Waals surface area contributed by atoms with Crippen LogP contribution in [0.5, 0.6) is 0 Å². The summed E-state index contributed by atoms with van der Waals surface area (Å²) in [7, 11) is 0. The number of hydrogen-bond acceptors (Lipinski definition) is 5. The minimum absolute atomic E-state index is 0.0329. The van der Waals surface area contributed by atoms with Crippen LogP contribution in [-0.4, -0.2) is 45.8 Å². The van der Waals surface area contributed by atoms with Gasteiger partial charge in [0.15, 0.2) is 0 Å². The molecule has 7 heteroatoms. The highest BCUT2D eigenvalue weighted by molar-refractivity contribution is 5.95. The number of amides is 2. The number of nitrogens with zero attached hydrogens (tertiary/aromatic N) is 3. The monoisotopic (exact) mass is 354 g/mol. The van der Waals surface area contributed by atoms with Crippen molar-refractivity contribution in [1.29, 1.82) is 0 Å². The third kappa shape index (κ3) is 2.87. The lowest BCUT2D eigenvalue weighted by atomic mass is 9.59. The van der Waals surface area contributed by atoms with Gasteiger partial charge in [0.1, 0.15) is 11.5 Å². The Balaban J connectivity index is 1.37. The van der Waals surface area contributed by atoms with Gasteiger partial charge >= 0.3 is 0 Å². The van der Waals surface area contributed by atoms with Crippen molar-refractivity contribution in [3.63, 3.8) is 0 Å². The highest BCUT2D eigenvalue weighted by Crippen LogP contribution is 2.49. The number of aryl methyl sites for hydroxylation is 1. The number of piperidine rings is 1. The molecule has 2 aromatic rings. The summed E-state index contributed by atoms with van der Waals surface area (Å²) < 4.78 is 5.25. The average molecular weight is 354 g/mol. The zero-order valence-electron chi connectivity index (χ0n) is 14.8. The number of furan rings is 1. The molecule has 2 aromatic heterocycles. The van der Waals surface area contributed by atoms with Crippen molar-refractivity contribution in [2.75, 3.05) is 13.1 Å². The van der Waals surface area contributed by atoms with Crippen molar-refractivity contribution >= 4 is 11.8 Å². The largest absolute Gasteiger partial charge is 0.469 e. The molecule has 0 bridgehead atoms. The molecule has 1 aliphatic heterocycles. The van der Waals surface area contributed by atoms with E-state index in [-0.39, 0.29) is 23.3 Å². The maximum absolute atomic E-state index is 12.6. The Kier molecular flexibility index (Phi) is 4.22. The second-order valence-corrected chi connectivity index (χ2v) is 7.20. The lowest BCUT2D eigenvalue weighted by Gasteiger charge is -2.54. The van der Waals surface area contributed by atoms with Gasteiger partial charge in [-0.05, 0) is 44.1 Å². The number of hydrogen-bond donors (Lipinski definition) is 1. The highest BCUT2D eigenvalue weighted by Gasteiger charge is 2.49. The predicted octanol–water partition coefficient (Wildman–Crippen LogP) is 2.19. The van der Waals surface area contributed by atoms with Crippen LogP contribution in [0.1, 0.15) is 52.3 Å². The highest BCUT2D eigenvalue weighted by atomic mass is 16.3. The molecule has 0 radical (unpaired) electrons. The van der Waals surface area contributed by atoms with Gasteiger partial charge in [-0.15, -0.1) is 0 Å². The van der Waals surface area contributed by atoms with Crippen molar-refractivity contribution in [2.24, 2.45) is 5.41 Å². The van der Waals surface area contributed by atoms with E-state index in [4.69, 9.17) is 4.42 Å². The van der Waals surface area contributed by atoms with Crippen LogP contribution in [0.2, 0.25) is 0 Å². The van der Waals surface area contributed by atoms with E-state index < -0.39 is 0 Å². The van der Waals surface area contributed by atoms with E-state index in [1.807, 2.05) is 11.8 Å². The van der Waals surface area contributed by atoms with Crippen LogP contribution < -0.4 is 5.32 Å². The third-order valence-corrected chi connectivity index (χ3v) is 5.91. The molecular formula is C19H22N4O3. The minimum Gasteiger partial charge on any atom is -0.469 e. The molecule has 1 N–H and O–H groups in total. The summed E-state index contributed by atoms with van der Waals surface area (Å²) in [6.45, 7) is 3.23. The van der Waals surface area contributed by atoms with Gasteiger partial charge < -0.3 is 14.6 Å². The summed E-state index contributed by atoms with van der Waals surface area (Å²) in [5.41, 5.74) is 1.08. The molecule has 3 heterocycles. The van der Waals surface area contributed by atoms with E-state index in [1.165, 1.54) is 12.4 Å². The van der Waals surface area contributed by atoms with Crippen LogP contribution in [0.15, 0.2) is 35.3 Å². The molecule has 1 saturated carbocycles. The second kappa shape index (κ2) is 6.55. The number of carbonyl (C=O) groups excluding carboxylic acids is 2. The van der Waals surface area contributed by atoms with Gasteiger partial charge in [-0.3, -0.25) is 14.6 Å². The molecular weight excluding hydrogens is 332 g/mol. The molecule has 0 aromatic carbocycles. The van der Waals surface area contributed by atoms with E-state index >= 15 is 0 Å². The zero-order chi connectivity index (χ0) is 18.1. The minimum atomic E-state index is -0.172. The van der Waals surface area contributed by atoms with E-state index in [0.717, 1.165) is 25.7 Å². The van der Waals surface area contributed by atoms with Gasteiger partial charge in [0.25, 0.3) is 11.8 Å². The van der Waals surface area contributed by atoms with E-state index in [1.54, 1.807) is 18.5 Å². The fraction of sp³-hybridized carbons (Fsp3) is 0.474. The third-order valence-electron chi connectivity index (χ3n) is 5.91. The summed E-state index contributed by atoms with van der Waals surface area (Å²) in [4.78, 5) is 34.9. The first kappa shape index (κ1) is 16.8. The first-order chi connectivity index (χ1) is 12.6. The maximum Gasteiger partial charge on any atom is 0.271 e. The summed E-state index contributed by atoms with van der Waals surface area (Å²) in [6, 6.07) is 1.87. The summed E-state index contributed by atoms with van der Waals surface area (Å²) in [5.74, 6) is 0.522.